The van der Waals surface area contributed by atoms with E-state index in [1.165, 1.54) is 0 Å². The summed E-state index contributed by atoms with van der Waals surface area (Å²) in [4.78, 5) is 15.7. The summed E-state index contributed by atoms with van der Waals surface area (Å²) >= 11 is 0. The summed E-state index contributed by atoms with van der Waals surface area (Å²) in [5, 5.41) is 10.7. The fraction of sp³-hybridized carbons (Fsp3) is 0. The van der Waals surface area contributed by atoms with E-state index < -0.39 is 0 Å². The highest BCUT2D eigenvalue weighted by molar-refractivity contribution is 6.19. The number of fused-ring (bicyclic) bond motifs is 12. The molecule has 274 valence electrons. The zero-order valence-corrected chi connectivity index (χ0v) is 31.3. The molecule has 0 aliphatic heterocycles. The Labute approximate surface area is 335 Å². The first-order chi connectivity index (χ1) is 29.2. The maximum atomic E-state index is 6.65. The van der Waals surface area contributed by atoms with Gasteiger partial charge in [0.25, 0.3) is 0 Å². The molecule has 0 aliphatic rings. The van der Waals surface area contributed by atoms with Gasteiger partial charge in [-0.1, -0.05) is 121 Å². The Bertz CT molecular complexity index is 3870. The van der Waals surface area contributed by atoms with E-state index in [0.29, 0.717) is 17.5 Å². The number of hydrogen-bond acceptors (Lipinski definition) is 6. The molecular weight excluding hydrogens is 727 g/mol. The maximum Gasteiger partial charge on any atom is 0.164 e. The fourth-order valence-corrected chi connectivity index (χ4v) is 8.96. The van der Waals surface area contributed by atoms with Crippen LogP contribution < -0.4 is 0 Å². The molecular formula is C53H29N3O3. The molecule has 0 fully saturated rings. The second-order valence-electron chi connectivity index (χ2n) is 15.1. The zero-order chi connectivity index (χ0) is 38.6. The molecule has 13 rings (SSSR count). The number of nitrogens with zero attached hydrogens (tertiary/aromatic N) is 3. The average Bonchev–Trinajstić information content (AvgIpc) is 3.99. The van der Waals surface area contributed by atoms with Crippen molar-refractivity contribution in [1.29, 1.82) is 0 Å². The number of para-hydroxylation sites is 2. The predicted molar refractivity (Wildman–Crippen MR) is 238 cm³/mol. The molecule has 0 radical (unpaired) electrons. The normalized spacial score (nSPS) is 12.1. The molecule has 9 aromatic carbocycles. The van der Waals surface area contributed by atoms with Crippen LogP contribution in [-0.2, 0) is 0 Å². The topological polar surface area (TPSA) is 78.1 Å². The smallest absolute Gasteiger partial charge is 0.164 e. The van der Waals surface area contributed by atoms with Crippen molar-refractivity contribution in [3.63, 3.8) is 0 Å². The van der Waals surface area contributed by atoms with E-state index in [9.17, 15) is 0 Å². The van der Waals surface area contributed by atoms with Crippen LogP contribution in [0.4, 0.5) is 0 Å². The van der Waals surface area contributed by atoms with Crippen molar-refractivity contribution < 1.29 is 13.3 Å². The van der Waals surface area contributed by atoms with Crippen LogP contribution in [-0.4, -0.2) is 15.0 Å². The van der Waals surface area contributed by atoms with Crippen LogP contribution in [0.2, 0.25) is 0 Å². The molecule has 6 heteroatoms. The Morgan fingerprint density at radius 1 is 0.271 bits per heavy atom. The summed E-state index contributed by atoms with van der Waals surface area (Å²) in [6.07, 6.45) is 0. The van der Waals surface area contributed by atoms with Crippen LogP contribution in [0, 0.1) is 0 Å². The van der Waals surface area contributed by atoms with Crippen LogP contribution in [0.25, 0.3) is 133 Å². The van der Waals surface area contributed by atoms with Crippen molar-refractivity contribution >= 4 is 87.4 Å². The minimum atomic E-state index is 0.567. The third-order valence-electron chi connectivity index (χ3n) is 11.7. The van der Waals surface area contributed by atoms with Gasteiger partial charge in [-0.2, -0.15) is 0 Å². The van der Waals surface area contributed by atoms with Crippen molar-refractivity contribution in [3.05, 3.63) is 176 Å². The van der Waals surface area contributed by atoms with Gasteiger partial charge in [0.05, 0.1) is 0 Å². The molecule has 0 aliphatic carbocycles. The van der Waals surface area contributed by atoms with Gasteiger partial charge in [0, 0.05) is 49.0 Å². The second-order valence-corrected chi connectivity index (χ2v) is 15.1. The van der Waals surface area contributed by atoms with Gasteiger partial charge in [-0.15, -0.1) is 0 Å². The molecule has 0 atom stereocenters. The molecule has 0 bridgehead atoms. The molecule has 0 spiro atoms. The van der Waals surface area contributed by atoms with Crippen molar-refractivity contribution in [1.82, 2.24) is 15.0 Å². The van der Waals surface area contributed by atoms with E-state index in [1.54, 1.807) is 0 Å². The molecule has 0 saturated heterocycles. The molecule has 4 aromatic heterocycles. The second kappa shape index (κ2) is 12.2. The van der Waals surface area contributed by atoms with E-state index >= 15 is 0 Å². The first kappa shape index (κ1) is 32.0. The monoisotopic (exact) mass is 755 g/mol. The SMILES string of the molecule is c1ccc2cc(-c3nc(-c4ccc5ccc6oc7ccccc7c6c5c4)nc(-c4cccc5oc6cc(-c7cccc8oc9ccccc9c78)ccc6c45)n3)ccc2c1. The van der Waals surface area contributed by atoms with Crippen LogP contribution in [0.1, 0.15) is 0 Å². The molecule has 59 heavy (non-hydrogen) atoms. The van der Waals surface area contributed by atoms with Crippen molar-refractivity contribution in [2.24, 2.45) is 0 Å². The van der Waals surface area contributed by atoms with E-state index in [-0.39, 0.29) is 0 Å². The molecule has 0 amide bonds. The molecule has 0 N–H and O–H groups in total. The van der Waals surface area contributed by atoms with Gasteiger partial charge in [0.2, 0.25) is 0 Å². The largest absolute Gasteiger partial charge is 0.456 e. The lowest BCUT2D eigenvalue weighted by atomic mass is 9.97. The summed E-state index contributed by atoms with van der Waals surface area (Å²) in [5.74, 6) is 1.74. The minimum absolute atomic E-state index is 0.567. The fourth-order valence-electron chi connectivity index (χ4n) is 8.96. The van der Waals surface area contributed by atoms with Crippen LogP contribution in [0.3, 0.4) is 0 Å². The minimum Gasteiger partial charge on any atom is -0.456 e. The lowest BCUT2D eigenvalue weighted by molar-refractivity contribution is 0.668. The highest BCUT2D eigenvalue weighted by atomic mass is 16.3. The molecule has 6 nitrogen and oxygen atoms in total. The van der Waals surface area contributed by atoms with Gasteiger partial charge in [0.15, 0.2) is 17.5 Å². The maximum absolute atomic E-state index is 6.65. The standard InChI is InChI=1S/C53H29N3O3/c1-2-10-32-27-34(21-19-30(32)9-1)51-54-52(35-22-20-31-24-26-46-50(41(31)28-35)38-12-4-6-16-43(38)58-46)56-53(55-51)40-14-8-18-45-49(40)39-25-23-33(29-47(39)59-45)36-13-7-17-44-48(36)37-11-3-5-15-42(37)57-44/h1-29H. The molecule has 13 aromatic rings. The van der Waals surface area contributed by atoms with Gasteiger partial charge in [-0.3, -0.25) is 0 Å². The number of hydrogen-bond donors (Lipinski definition) is 0. The van der Waals surface area contributed by atoms with E-state index in [1.807, 2.05) is 48.5 Å². The number of aromatic nitrogens is 3. The third kappa shape index (κ3) is 4.90. The Morgan fingerprint density at radius 3 is 1.58 bits per heavy atom. The average molecular weight is 756 g/mol. The Morgan fingerprint density at radius 2 is 0.797 bits per heavy atom. The first-order valence-electron chi connectivity index (χ1n) is 19.7. The lowest BCUT2D eigenvalue weighted by Crippen LogP contribution is -2.00. The molecule has 4 heterocycles. The van der Waals surface area contributed by atoms with Crippen molar-refractivity contribution in [2.45, 2.75) is 0 Å². The summed E-state index contributed by atoms with van der Waals surface area (Å²) in [7, 11) is 0. The van der Waals surface area contributed by atoms with Gasteiger partial charge in [0.1, 0.15) is 33.5 Å². The summed E-state index contributed by atoms with van der Waals surface area (Å²) in [6.45, 7) is 0. The summed E-state index contributed by atoms with van der Waals surface area (Å²) in [6, 6.07) is 60.4. The Hall–Kier alpha value is -8.09. The Kier molecular flexibility index (Phi) is 6.63. The van der Waals surface area contributed by atoms with Gasteiger partial charge >= 0.3 is 0 Å². The number of rotatable bonds is 4. The van der Waals surface area contributed by atoms with Crippen LogP contribution in [0.5, 0.6) is 0 Å². The quantitative estimate of drug-likeness (QED) is 0.178. The molecule has 0 saturated carbocycles. The predicted octanol–water partition coefficient (Wildman–Crippen LogP) is 14.5. The number of furan rings is 3. The molecule has 0 unspecified atom stereocenters. The lowest BCUT2D eigenvalue weighted by Gasteiger charge is -2.11. The van der Waals surface area contributed by atoms with E-state index in [2.05, 4.69) is 127 Å². The van der Waals surface area contributed by atoms with E-state index in [4.69, 9.17) is 28.2 Å². The first-order valence-corrected chi connectivity index (χ1v) is 19.7. The summed E-state index contributed by atoms with van der Waals surface area (Å²) in [5.41, 5.74) is 9.78. The third-order valence-corrected chi connectivity index (χ3v) is 11.7. The highest BCUT2D eigenvalue weighted by Gasteiger charge is 2.20. The van der Waals surface area contributed by atoms with Crippen LogP contribution >= 0.6 is 0 Å². The van der Waals surface area contributed by atoms with E-state index in [0.717, 1.165) is 115 Å². The number of benzene rings is 9. The van der Waals surface area contributed by atoms with Gasteiger partial charge in [-0.25, -0.2) is 15.0 Å². The van der Waals surface area contributed by atoms with Gasteiger partial charge in [-0.05, 0) is 87.3 Å². The van der Waals surface area contributed by atoms with Gasteiger partial charge < -0.3 is 13.3 Å². The Balaban J connectivity index is 1.02. The zero-order valence-electron chi connectivity index (χ0n) is 31.3. The highest BCUT2D eigenvalue weighted by Crippen LogP contribution is 2.42. The van der Waals surface area contributed by atoms with Crippen molar-refractivity contribution in [3.8, 4) is 45.3 Å². The van der Waals surface area contributed by atoms with Crippen molar-refractivity contribution in [2.75, 3.05) is 0 Å². The summed E-state index contributed by atoms with van der Waals surface area (Å²) < 4.78 is 19.1. The van der Waals surface area contributed by atoms with Crippen LogP contribution in [0.15, 0.2) is 189 Å².